The van der Waals surface area contributed by atoms with Gasteiger partial charge in [-0.15, -0.1) is 0 Å². The molecule has 2 N–H and O–H groups in total. The number of fused-ring (bicyclic) bond motifs is 1. The average molecular weight is 684 g/mol. The SMILES string of the molecule is Cn1c(Nc2c(Cl)cc(F)cc2Cl)nc2cc(C(=O)NCC(F)(F)C(F)(F)C(F)(F)C(F)(F)F)c(OCC(F)(F)F)nc21. The van der Waals surface area contributed by atoms with Crippen molar-refractivity contribution in [1.29, 1.82) is 0 Å². The lowest BCUT2D eigenvalue weighted by molar-refractivity contribution is -0.394. The lowest BCUT2D eigenvalue weighted by Gasteiger charge is -2.33. The maximum atomic E-state index is 13.9. The molecule has 2 heterocycles. The number of carbonyl (C=O) groups is 1. The number of aromatic nitrogens is 3. The molecule has 43 heavy (non-hydrogen) atoms. The Kier molecular flexibility index (Phi) is 8.92. The van der Waals surface area contributed by atoms with Gasteiger partial charge in [-0.05, 0) is 18.2 Å². The Balaban J connectivity index is 2.01. The Hall–Kier alpha value is -3.42. The molecule has 0 unspecified atom stereocenters. The number of pyridine rings is 1. The van der Waals surface area contributed by atoms with E-state index in [1.165, 1.54) is 7.05 Å². The van der Waals surface area contributed by atoms with Crippen LogP contribution in [0.1, 0.15) is 10.4 Å². The maximum Gasteiger partial charge on any atom is 0.460 e. The summed E-state index contributed by atoms with van der Waals surface area (Å²) in [6.07, 6.45) is -12.2. The zero-order valence-corrected chi connectivity index (χ0v) is 22.0. The van der Waals surface area contributed by atoms with Crippen LogP contribution in [0.5, 0.6) is 5.88 Å². The van der Waals surface area contributed by atoms with Crippen LogP contribution in [0, 0.1) is 5.82 Å². The number of alkyl halides is 12. The molecule has 0 spiro atoms. The largest absolute Gasteiger partial charge is 0.467 e. The highest BCUT2D eigenvalue weighted by atomic mass is 35.5. The number of hydrogen-bond donors (Lipinski definition) is 2. The second-order valence-corrected chi connectivity index (χ2v) is 9.30. The molecule has 1 amide bonds. The molecule has 0 aliphatic rings. The number of nitrogens with one attached hydrogen (secondary N) is 2. The number of halogens is 15. The van der Waals surface area contributed by atoms with Crippen molar-refractivity contribution >= 4 is 51.9 Å². The predicted octanol–water partition coefficient (Wildman–Crippen LogP) is 7.30. The number of anilines is 2. The van der Waals surface area contributed by atoms with Crippen molar-refractivity contribution < 1.29 is 66.6 Å². The quantitative estimate of drug-likeness (QED) is 0.232. The first-order chi connectivity index (χ1) is 19.4. The Morgan fingerprint density at radius 2 is 1.47 bits per heavy atom. The standard InChI is InChI=1S/C21H12Cl2F13N5O2/c1-41-13-11(38-16(41)39-12-9(22)2-7(24)3-10(12)23)4-8(15(40-13)43-6-18(27,28)29)14(42)37-5-17(25,26)19(30,31)20(32,33)21(34,35)36/h2-4H,5-6H2,1H3,(H,37,42)(H,38,39). The van der Waals surface area contributed by atoms with Crippen molar-refractivity contribution in [2.45, 2.75) is 30.1 Å². The van der Waals surface area contributed by atoms with Gasteiger partial charge in [-0.3, -0.25) is 9.36 Å². The molecule has 0 saturated carbocycles. The Morgan fingerprint density at radius 1 is 0.907 bits per heavy atom. The molecule has 3 rings (SSSR count). The van der Waals surface area contributed by atoms with Gasteiger partial charge in [0.25, 0.3) is 5.91 Å². The highest BCUT2D eigenvalue weighted by molar-refractivity contribution is 6.39. The van der Waals surface area contributed by atoms with Crippen LogP contribution in [0.3, 0.4) is 0 Å². The lowest BCUT2D eigenvalue weighted by atomic mass is 10.0. The number of rotatable bonds is 9. The van der Waals surface area contributed by atoms with Crippen molar-refractivity contribution in [3.05, 3.63) is 39.6 Å². The van der Waals surface area contributed by atoms with Crippen LogP contribution in [0.15, 0.2) is 18.2 Å². The molecule has 2 aromatic heterocycles. The summed E-state index contributed by atoms with van der Waals surface area (Å²) < 4.78 is 175. The van der Waals surface area contributed by atoms with Crippen LogP contribution in [0.2, 0.25) is 10.0 Å². The van der Waals surface area contributed by atoms with Gasteiger partial charge in [-0.25, -0.2) is 9.37 Å². The third-order valence-electron chi connectivity index (χ3n) is 5.35. The average Bonchev–Trinajstić information content (AvgIpc) is 3.15. The number of nitrogens with zero attached hydrogens (tertiary/aromatic N) is 3. The first-order valence-electron chi connectivity index (χ1n) is 10.9. The van der Waals surface area contributed by atoms with Gasteiger partial charge < -0.3 is 15.4 Å². The van der Waals surface area contributed by atoms with Crippen molar-refractivity contribution in [1.82, 2.24) is 19.9 Å². The van der Waals surface area contributed by atoms with E-state index in [4.69, 9.17) is 23.2 Å². The molecule has 0 fully saturated rings. The normalized spacial score (nSPS) is 13.4. The monoisotopic (exact) mass is 683 g/mol. The van der Waals surface area contributed by atoms with E-state index in [0.717, 1.165) is 22.0 Å². The Labute approximate surface area is 239 Å². The molecule has 0 bridgehead atoms. The fourth-order valence-electron chi connectivity index (χ4n) is 3.21. The molecule has 0 atom stereocenters. The molecule has 3 aromatic rings. The van der Waals surface area contributed by atoms with Crippen LogP contribution < -0.4 is 15.4 Å². The van der Waals surface area contributed by atoms with E-state index in [1.807, 2.05) is 0 Å². The molecule has 1 aromatic carbocycles. The van der Waals surface area contributed by atoms with Crippen LogP contribution in [-0.2, 0) is 7.05 Å². The van der Waals surface area contributed by atoms with Crippen LogP contribution >= 0.6 is 23.2 Å². The second kappa shape index (κ2) is 11.3. The summed E-state index contributed by atoms with van der Waals surface area (Å²) in [5, 5.41) is 2.97. The number of hydrogen-bond acceptors (Lipinski definition) is 5. The van der Waals surface area contributed by atoms with E-state index in [9.17, 15) is 61.9 Å². The molecule has 7 nitrogen and oxygen atoms in total. The van der Waals surface area contributed by atoms with Crippen molar-refractivity contribution in [2.24, 2.45) is 7.05 Å². The first-order valence-corrected chi connectivity index (χ1v) is 11.6. The van der Waals surface area contributed by atoms with Gasteiger partial charge in [-0.2, -0.15) is 57.7 Å². The van der Waals surface area contributed by atoms with Crippen LogP contribution in [-0.4, -0.2) is 63.7 Å². The summed E-state index contributed by atoms with van der Waals surface area (Å²) in [5.41, 5.74) is -2.11. The van der Waals surface area contributed by atoms with Gasteiger partial charge in [0.05, 0.1) is 22.3 Å². The number of benzene rings is 1. The zero-order valence-electron chi connectivity index (χ0n) is 20.5. The van der Waals surface area contributed by atoms with Gasteiger partial charge in [0.2, 0.25) is 11.8 Å². The number of ether oxygens (including phenoxy) is 1. The molecule has 22 heteroatoms. The topological polar surface area (TPSA) is 81.1 Å². The fraction of sp³-hybridized carbons (Fsp3) is 0.381. The molecule has 0 aliphatic heterocycles. The highest BCUT2D eigenvalue weighted by Gasteiger charge is 2.81. The van der Waals surface area contributed by atoms with E-state index in [2.05, 4.69) is 20.0 Å². The van der Waals surface area contributed by atoms with Gasteiger partial charge in [0.15, 0.2) is 12.3 Å². The van der Waals surface area contributed by atoms with Crippen molar-refractivity contribution in [2.75, 3.05) is 18.5 Å². The minimum atomic E-state index is -7.25. The summed E-state index contributed by atoms with van der Waals surface area (Å²) in [4.78, 5) is 20.1. The Morgan fingerprint density at radius 3 is 1.98 bits per heavy atom. The summed E-state index contributed by atoms with van der Waals surface area (Å²) in [6.45, 7) is -4.97. The van der Waals surface area contributed by atoms with Gasteiger partial charge in [0.1, 0.15) is 16.9 Å². The van der Waals surface area contributed by atoms with Crippen molar-refractivity contribution in [3.8, 4) is 5.88 Å². The minimum Gasteiger partial charge on any atom is -0.467 e. The van der Waals surface area contributed by atoms with E-state index in [1.54, 1.807) is 0 Å². The maximum absolute atomic E-state index is 13.9. The smallest absolute Gasteiger partial charge is 0.460 e. The molecule has 0 saturated heterocycles. The second-order valence-electron chi connectivity index (χ2n) is 8.49. The van der Waals surface area contributed by atoms with Crippen molar-refractivity contribution in [3.63, 3.8) is 0 Å². The summed E-state index contributed by atoms with van der Waals surface area (Å²) in [5.74, 6) is -24.9. The lowest BCUT2D eigenvalue weighted by Crippen LogP contribution is -2.63. The number of imidazole rings is 1. The van der Waals surface area contributed by atoms with Gasteiger partial charge >= 0.3 is 30.1 Å². The number of carbonyl (C=O) groups excluding carboxylic acids is 1. The fourth-order valence-corrected chi connectivity index (χ4v) is 3.76. The highest BCUT2D eigenvalue weighted by Crippen LogP contribution is 2.52. The molecule has 0 aliphatic carbocycles. The first kappa shape index (κ1) is 34.1. The van der Waals surface area contributed by atoms with E-state index >= 15 is 0 Å². The third kappa shape index (κ3) is 6.73. The predicted molar refractivity (Wildman–Crippen MR) is 123 cm³/mol. The summed E-state index contributed by atoms with van der Waals surface area (Å²) in [7, 11) is 1.20. The summed E-state index contributed by atoms with van der Waals surface area (Å²) >= 11 is 11.9. The van der Waals surface area contributed by atoms with E-state index < -0.39 is 72.0 Å². The number of amides is 1. The zero-order chi connectivity index (χ0) is 32.9. The molecule has 0 radical (unpaired) electrons. The van der Waals surface area contributed by atoms with Gasteiger partial charge in [0, 0.05) is 7.05 Å². The third-order valence-corrected chi connectivity index (χ3v) is 5.95. The van der Waals surface area contributed by atoms with Crippen LogP contribution in [0.4, 0.5) is 68.7 Å². The van der Waals surface area contributed by atoms with E-state index in [-0.39, 0.29) is 27.3 Å². The molecular formula is C21H12Cl2F13N5O2. The number of aryl methyl sites for hydroxylation is 1. The molecule has 238 valence electrons. The van der Waals surface area contributed by atoms with Gasteiger partial charge in [-0.1, -0.05) is 23.2 Å². The Bertz CT molecular complexity index is 1520. The van der Waals surface area contributed by atoms with E-state index in [0.29, 0.717) is 6.07 Å². The minimum absolute atomic E-state index is 0.131. The molecular weight excluding hydrogens is 672 g/mol. The summed E-state index contributed by atoms with van der Waals surface area (Å²) in [6, 6.07) is 2.24. The van der Waals surface area contributed by atoms with Crippen LogP contribution in [0.25, 0.3) is 11.2 Å².